The van der Waals surface area contributed by atoms with Crippen LogP contribution in [0, 0.1) is 6.92 Å². The van der Waals surface area contributed by atoms with Crippen LogP contribution < -0.4 is 26.1 Å². The third-order valence-corrected chi connectivity index (χ3v) is 6.51. The summed E-state index contributed by atoms with van der Waals surface area (Å²) in [7, 11) is 4.88. The SMILES string of the molecule is COc1cc(OC)cc(-c2cnc(N)c(-c3ccc(NC(=O)c4c(C)n(C)n(-c5ccccc5)c4=O)nc3)n2)c1. The highest BCUT2D eigenvalue weighted by molar-refractivity contribution is 6.04. The molecule has 202 valence electrons. The number of carbonyl (C=O) groups is 1. The number of amides is 1. The van der Waals surface area contributed by atoms with E-state index in [9.17, 15) is 9.59 Å². The summed E-state index contributed by atoms with van der Waals surface area (Å²) in [5.41, 5.74) is 9.27. The van der Waals surface area contributed by atoms with Crippen molar-refractivity contribution in [2.45, 2.75) is 6.92 Å². The zero-order valence-electron chi connectivity index (χ0n) is 22.4. The Morgan fingerprint density at radius 3 is 2.25 bits per heavy atom. The Kier molecular flexibility index (Phi) is 7.02. The third-order valence-electron chi connectivity index (χ3n) is 6.51. The van der Waals surface area contributed by atoms with Gasteiger partial charge in [-0.3, -0.25) is 14.3 Å². The van der Waals surface area contributed by atoms with E-state index in [1.807, 2.05) is 30.3 Å². The summed E-state index contributed by atoms with van der Waals surface area (Å²) in [5, 5.41) is 2.72. The van der Waals surface area contributed by atoms with Gasteiger partial charge >= 0.3 is 0 Å². The van der Waals surface area contributed by atoms with E-state index in [1.54, 1.807) is 69.4 Å². The number of nitrogens with one attached hydrogen (secondary N) is 1. The monoisotopic (exact) mass is 537 g/mol. The molecule has 5 rings (SSSR count). The van der Waals surface area contributed by atoms with Gasteiger partial charge in [-0.15, -0.1) is 0 Å². The first kappa shape index (κ1) is 26.2. The maximum Gasteiger partial charge on any atom is 0.284 e. The number of hydrogen-bond donors (Lipinski definition) is 2. The normalized spacial score (nSPS) is 10.8. The Balaban J connectivity index is 1.41. The zero-order valence-corrected chi connectivity index (χ0v) is 22.4. The van der Waals surface area contributed by atoms with Crippen molar-refractivity contribution in [3.05, 3.63) is 94.7 Å². The number of nitrogens with two attached hydrogens (primary N) is 1. The highest BCUT2D eigenvalue weighted by atomic mass is 16.5. The molecule has 0 radical (unpaired) electrons. The van der Waals surface area contributed by atoms with Crippen molar-refractivity contribution in [1.29, 1.82) is 0 Å². The lowest BCUT2D eigenvalue weighted by molar-refractivity contribution is 0.102. The van der Waals surface area contributed by atoms with E-state index in [1.165, 1.54) is 10.9 Å². The molecule has 3 heterocycles. The van der Waals surface area contributed by atoms with Crippen LogP contribution in [0.3, 0.4) is 0 Å². The fourth-order valence-corrected chi connectivity index (χ4v) is 4.32. The molecule has 0 aliphatic carbocycles. The van der Waals surface area contributed by atoms with Crippen LogP contribution in [0.15, 0.2) is 77.9 Å². The summed E-state index contributed by atoms with van der Waals surface area (Å²) in [6.07, 6.45) is 3.10. The highest BCUT2D eigenvalue weighted by Gasteiger charge is 2.22. The topological polar surface area (TPSA) is 139 Å². The first-order chi connectivity index (χ1) is 19.3. The van der Waals surface area contributed by atoms with Crippen molar-refractivity contribution < 1.29 is 14.3 Å². The van der Waals surface area contributed by atoms with Gasteiger partial charge in [-0.1, -0.05) is 18.2 Å². The fraction of sp³-hybridized carbons (Fsp3) is 0.138. The van der Waals surface area contributed by atoms with Gasteiger partial charge < -0.3 is 20.5 Å². The largest absolute Gasteiger partial charge is 0.497 e. The van der Waals surface area contributed by atoms with Crippen molar-refractivity contribution in [2.24, 2.45) is 7.05 Å². The molecule has 0 aliphatic heterocycles. The molecule has 11 heteroatoms. The van der Waals surface area contributed by atoms with Crippen LogP contribution in [0.2, 0.25) is 0 Å². The second-order valence-corrected chi connectivity index (χ2v) is 8.91. The molecule has 0 unspecified atom stereocenters. The minimum Gasteiger partial charge on any atom is -0.497 e. The maximum absolute atomic E-state index is 13.2. The molecule has 3 N–H and O–H groups in total. The zero-order chi connectivity index (χ0) is 28.4. The van der Waals surface area contributed by atoms with Crippen LogP contribution in [-0.4, -0.2) is 44.4 Å². The average Bonchev–Trinajstić information content (AvgIpc) is 3.21. The molecule has 0 aliphatic rings. The molecular formula is C29H27N7O4. The Morgan fingerprint density at radius 1 is 0.925 bits per heavy atom. The average molecular weight is 538 g/mol. The van der Waals surface area contributed by atoms with E-state index < -0.39 is 11.5 Å². The molecule has 2 aromatic carbocycles. The summed E-state index contributed by atoms with van der Waals surface area (Å²) >= 11 is 0. The molecule has 1 amide bonds. The van der Waals surface area contributed by atoms with Crippen LogP contribution in [0.1, 0.15) is 16.1 Å². The van der Waals surface area contributed by atoms with Gasteiger partial charge in [0.2, 0.25) is 0 Å². The smallest absolute Gasteiger partial charge is 0.284 e. The minimum absolute atomic E-state index is 0.0359. The second-order valence-electron chi connectivity index (χ2n) is 8.91. The summed E-state index contributed by atoms with van der Waals surface area (Å²) < 4.78 is 13.8. The maximum atomic E-state index is 13.2. The third kappa shape index (κ3) is 4.87. The number of carbonyl (C=O) groups excluding carboxylic acids is 1. The van der Waals surface area contributed by atoms with Gasteiger partial charge in [-0.2, -0.15) is 0 Å². The molecule has 0 fully saturated rings. The summed E-state index contributed by atoms with van der Waals surface area (Å²) in [6.45, 7) is 1.72. The van der Waals surface area contributed by atoms with E-state index in [2.05, 4.69) is 15.3 Å². The van der Waals surface area contributed by atoms with Crippen molar-refractivity contribution in [3.63, 3.8) is 0 Å². The number of benzene rings is 2. The minimum atomic E-state index is -0.554. The number of pyridine rings is 1. The predicted molar refractivity (Wildman–Crippen MR) is 152 cm³/mol. The van der Waals surface area contributed by atoms with E-state index in [4.69, 9.17) is 20.2 Å². The summed E-state index contributed by atoms with van der Waals surface area (Å²) in [4.78, 5) is 39.6. The van der Waals surface area contributed by atoms with Crippen LogP contribution in [-0.2, 0) is 7.05 Å². The first-order valence-electron chi connectivity index (χ1n) is 12.3. The van der Waals surface area contributed by atoms with Crippen LogP contribution in [0.4, 0.5) is 11.6 Å². The van der Waals surface area contributed by atoms with Gasteiger partial charge in [0.1, 0.15) is 34.4 Å². The van der Waals surface area contributed by atoms with Gasteiger partial charge in [-0.25, -0.2) is 19.6 Å². The predicted octanol–water partition coefficient (Wildman–Crippen LogP) is 3.86. The number of nitrogen functional groups attached to an aromatic ring is 1. The first-order valence-corrected chi connectivity index (χ1v) is 12.3. The number of nitrogens with zero attached hydrogens (tertiary/aromatic N) is 5. The summed E-state index contributed by atoms with van der Waals surface area (Å²) in [5.74, 6) is 1.16. The molecule has 5 aromatic rings. The number of anilines is 2. The Bertz CT molecular complexity index is 1740. The molecule has 0 atom stereocenters. The lowest BCUT2D eigenvalue weighted by Crippen LogP contribution is -2.25. The van der Waals surface area contributed by atoms with E-state index >= 15 is 0 Å². The van der Waals surface area contributed by atoms with Gasteiger partial charge in [0.15, 0.2) is 0 Å². The Labute approximate surface area is 229 Å². The fourth-order valence-electron chi connectivity index (χ4n) is 4.32. The van der Waals surface area contributed by atoms with Crippen molar-refractivity contribution in [1.82, 2.24) is 24.3 Å². The molecule has 0 bridgehead atoms. The van der Waals surface area contributed by atoms with Crippen LogP contribution >= 0.6 is 0 Å². The highest BCUT2D eigenvalue weighted by Crippen LogP contribution is 2.31. The van der Waals surface area contributed by atoms with Crippen molar-refractivity contribution >= 4 is 17.5 Å². The van der Waals surface area contributed by atoms with Crippen molar-refractivity contribution in [2.75, 3.05) is 25.3 Å². The Morgan fingerprint density at radius 2 is 1.62 bits per heavy atom. The lowest BCUT2D eigenvalue weighted by atomic mass is 10.1. The van der Waals surface area contributed by atoms with E-state index in [0.717, 1.165) is 5.56 Å². The number of methoxy groups -OCH3 is 2. The van der Waals surface area contributed by atoms with Crippen LogP contribution in [0.5, 0.6) is 11.5 Å². The molecule has 0 spiro atoms. The van der Waals surface area contributed by atoms with Crippen LogP contribution in [0.25, 0.3) is 28.2 Å². The van der Waals surface area contributed by atoms with Gasteiger partial charge in [-0.05, 0) is 43.3 Å². The number of hydrogen-bond acceptors (Lipinski definition) is 8. The van der Waals surface area contributed by atoms with E-state index in [-0.39, 0.29) is 17.2 Å². The lowest BCUT2D eigenvalue weighted by Gasteiger charge is -2.11. The number of rotatable bonds is 7. The van der Waals surface area contributed by atoms with Gasteiger partial charge in [0.05, 0.1) is 37.5 Å². The van der Waals surface area contributed by atoms with Gasteiger partial charge in [0.25, 0.3) is 11.5 Å². The summed E-state index contributed by atoms with van der Waals surface area (Å²) in [6, 6.07) is 17.9. The molecule has 0 saturated heterocycles. The molecular weight excluding hydrogens is 510 g/mol. The van der Waals surface area contributed by atoms with E-state index in [0.29, 0.717) is 39.8 Å². The standard InChI is InChI=1S/C29H27N7O4/c1-17-25(29(38)36(35(17)2)20-8-6-5-7-9-20)28(37)34-24-11-10-18(15-31-24)26-27(30)32-16-23(33-26)19-12-21(39-3)14-22(13-19)40-4/h5-16H,1-4H3,(H2,30,32)(H,31,34,37). The van der Waals surface area contributed by atoms with Gasteiger partial charge in [0, 0.05) is 30.4 Å². The molecule has 0 saturated carbocycles. The number of aromatic nitrogens is 5. The molecule has 40 heavy (non-hydrogen) atoms. The molecule has 11 nitrogen and oxygen atoms in total. The second kappa shape index (κ2) is 10.7. The Hall–Kier alpha value is -5.45. The number of para-hydroxylation sites is 1. The van der Waals surface area contributed by atoms with Crippen molar-refractivity contribution in [3.8, 4) is 39.7 Å². The quantitative estimate of drug-likeness (QED) is 0.319. The number of ether oxygens (including phenoxy) is 2. The molecule has 3 aromatic heterocycles.